The predicted octanol–water partition coefficient (Wildman–Crippen LogP) is 4.09. The van der Waals surface area contributed by atoms with Gasteiger partial charge >= 0.3 is 5.97 Å². The van der Waals surface area contributed by atoms with Gasteiger partial charge in [0.1, 0.15) is 5.82 Å². The summed E-state index contributed by atoms with van der Waals surface area (Å²) in [5.74, 6) is -1.09. The summed E-state index contributed by atoms with van der Waals surface area (Å²) in [5.41, 5.74) is 2.56. The van der Waals surface area contributed by atoms with Gasteiger partial charge in [-0.3, -0.25) is 9.59 Å². The Morgan fingerprint density at radius 1 is 1.13 bits per heavy atom. The average molecular weight is 421 g/mol. The molecule has 1 saturated heterocycles. The maximum atomic E-state index is 13.5. The number of nitrogens with zero attached hydrogens (tertiary/aromatic N) is 3. The molecule has 0 saturated carbocycles. The summed E-state index contributed by atoms with van der Waals surface area (Å²) < 4.78 is 20.2. The highest BCUT2D eigenvalue weighted by atomic mass is 19.1. The van der Waals surface area contributed by atoms with Crippen LogP contribution in [0, 0.1) is 11.7 Å². The van der Waals surface area contributed by atoms with Crippen LogP contribution in [0.1, 0.15) is 30.1 Å². The first-order chi connectivity index (χ1) is 15.1. The van der Waals surface area contributed by atoms with Gasteiger partial charge in [-0.25, -0.2) is 9.07 Å². The number of halogens is 1. The first kappa shape index (κ1) is 20.8. The van der Waals surface area contributed by atoms with E-state index in [9.17, 15) is 14.0 Å². The van der Waals surface area contributed by atoms with E-state index in [2.05, 4.69) is 5.10 Å². The molecule has 1 fully saturated rings. The highest BCUT2D eigenvalue weighted by molar-refractivity contribution is 6.00. The van der Waals surface area contributed by atoms with Gasteiger partial charge in [0.15, 0.2) is 0 Å². The Balaban J connectivity index is 1.70. The Morgan fingerprint density at radius 2 is 1.87 bits per heavy atom. The fourth-order valence-corrected chi connectivity index (χ4v) is 3.94. The topological polar surface area (TPSA) is 64.4 Å². The Kier molecular flexibility index (Phi) is 6.11. The van der Waals surface area contributed by atoms with Crippen molar-refractivity contribution in [2.24, 2.45) is 5.92 Å². The number of rotatable bonds is 5. The molecule has 1 aliphatic rings. The Morgan fingerprint density at radius 3 is 2.58 bits per heavy atom. The molecule has 0 spiro atoms. The summed E-state index contributed by atoms with van der Waals surface area (Å²) in [4.78, 5) is 27.4. The van der Waals surface area contributed by atoms with E-state index in [4.69, 9.17) is 4.74 Å². The molecule has 0 bridgehead atoms. The Hall–Kier alpha value is -3.48. The monoisotopic (exact) mass is 421 g/mol. The first-order valence-corrected chi connectivity index (χ1v) is 10.4. The van der Waals surface area contributed by atoms with Crippen LogP contribution in [0.3, 0.4) is 0 Å². The quantitative estimate of drug-likeness (QED) is 0.582. The van der Waals surface area contributed by atoms with E-state index in [0.29, 0.717) is 43.1 Å². The van der Waals surface area contributed by atoms with Crippen LogP contribution in [-0.4, -0.2) is 46.3 Å². The van der Waals surface area contributed by atoms with Gasteiger partial charge in [-0.1, -0.05) is 30.3 Å². The lowest BCUT2D eigenvalue weighted by Gasteiger charge is -2.31. The van der Waals surface area contributed by atoms with Crippen molar-refractivity contribution in [3.63, 3.8) is 0 Å². The zero-order chi connectivity index (χ0) is 21.8. The van der Waals surface area contributed by atoms with E-state index < -0.39 is 0 Å². The van der Waals surface area contributed by atoms with Gasteiger partial charge in [-0.2, -0.15) is 5.10 Å². The third-order valence-corrected chi connectivity index (χ3v) is 5.45. The van der Waals surface area contributed by atoms with Gasteiger partial charge in [-0.05, 0) is 44.0 Å². The summed E-state index contributed by atoms with van der Waals surface area (Å²) in [7, 11) is 0. The van der Waals surface area contributed by atoms with E-state index in [-0.39, 0.29) is 23.6 Å². The number of carbonyl (C=O) groups excluding carboxylic acids is 2. The lowest BCUT2D eigenvalue weighted by Crippen LogP contribution is -2.42. The van der Waals surface area contributed by atoms with Crippen LogP contribution in [0.25, 0.3) is 16.9 Å². The Labute approximate surface area is 180 Å². The number of hydrogen-bond donors (Lipinski definition) is 0. The molecule has 3 aromatic rings. The van der Waals surface area contributed by atoms with Crippen molar-refractivity contribution < 1.29 is 18.7 Å². The van der Waals surface area contributed by atoms with Crippen LogP contribution in [0.5, 0.6) is 0 Å². The van der Waals surface area contributed by atoms with Gasteiger partial charge in [0.05, 0.1) is 35.7 Å². The van der Waals surface area contributed by atoms with Crippen LogP contribution in [0.2, 0.25) is 0 Å². The van der Waals surface area contributed by atoms with E-state index in [1.807, 2.05) is 30.3 Å². The van der Waals surface area contributed by atoms with Crippen LogP contribution in [0.4, 0.5) is 4.39 Å². The normalized spacial score (nSPS) is 16.2. The third-order valence-electron chi connectivity index (χ3n) is 5.45. The van der Waals surface area contributed by atoms with E-state index in [0.717, 1.165) is 12.0 Å². The van der Waals surface area contributed by atoms with Crippen molar-refractivity contribution in [2.45, 2.75) is 19.8 Å². The largest absolute Gasteiger partial charge is 0.466 e. The molecular formula is C24H24FN3O3. The number of benzene rings is 2. The standard InChI is InChI=1S/C24H24FN3O3/c1-2-31-24(30)18-9-6-14-27(16-18)23(29)21-15-26-28(20-12-10-19(25)11-13-20)22(21)17-7-4-3-5-8-17/h3-5,7-8,10-13,15,18H,2,6,9,14,16H2,1H3/t18-/m1/s1. The number of amides is 1. The molecule has 4 rings (SSSR count). The number of piperidine rings is 1. The molecule has 1 amide bonds. The molecule has 6 nitrogen and oxygen atoms in total. The maximum absolute atomic E-state index is 13.5. The van der Waals surface area contributed by atoms with Gasteiger partial charge in [0, 0.05) is 18.7 Å². The van der Waals surface area contributed by atoms with Gasteiger partial charge in [-0.15, -0.1) is 0 Å². The number of hydrogen-bond acceptors (Lipinski definition) is 4. The molecule has 31 heavy (non-hydrogen) atoms. The number of carbonyl (C=O) groups is 2. The van der Waals surface area contributed by atoms with Crippen molar-refractivity contribution in [3.05, 3.63) is 72.2 Å². The minimum atomic E-state index is -0.341. The molecule has 1 aromatic heterocycles. The molecule has 7 heteroatoms. The predicted molar refractivity (Wildman–Crippen MR) is 114 cm³/mol. The van der Waals surface area contributed by atoms with Crippen molar-refractivity contribution >= 4 is 11.9 Å². The van der Waals surface area contributed by atoms with E-state index in [1.165, 1.54) is 12.1 Å². The third kappa shape index (κ3) is 4.35. The van der Waals surface area contributed by atoms with Crippen molar-refractivity contribution in [1.82, 2.24) is 14.7 Å². The average Bonchev–Trinajstić information content (AvgIpc) is 3.25. The highest BCUT2D eigenvalue weighted by Crippen LogP contribution is 2.29. The highest BCUT2D eigenvalue weighted by Gasteiger charge is 2.32. The van der Waals surface area contributed by atoms with Crippen LogP contribution < -0.4 is 0 Å². The van der Waals surface area contributed by atoms with Crippen molar-refractivity contribution in [2.75, 3.05) is 19.7 Å². The zero-order valence-corrected chi connectivity index (χ0v) is 17.3. The molecule has 0 aliphatic carbocycles. The molecule has 0 N–H and O–H groups in total. The van der Waals surface area contributed by atoms with Gasteiger partial charge in [0.25, 0.3) is 5.91 Å². The van der Waals surface area contributed by atoms with Crippen LogP contribution in [-0.2, 0) is 9.53 Å². The Bertz CT molecular complexity index is 1060. The fourth-order valence-electron chi connectivity index (χ4n) is 3.94. The van der Waals surface area contributed by atoms with E-state index >= 15 is 0 Å². The number of likely N-dealkylation sites (tertiary alicyclic amines) is 1. The number of aromatic nitrogens is 2. The lowest BCUT2D eigenvalue weighted by molar-refractivity contribution is -0.149. The van der Waals surface area contributed by atoms with Gasteiger partial charge < -0.3 is 9.64 Å². The molecule has 0 radical (unpaired) electrons. The summed E-state index contributed by atoms with van der Waals surface area (Å²) in [6.45, 7) is 3.00. The molecule has 0 unspecified atom stereocenters. The fraction of sp³-hybridized carbons (Fsp3) is 0.292. The first-order valence-electron chi connectivity index (χ1n) is 10.4. The summed E-state index contributed by atoms with van der Waals surface area (Å²) in [6.07, 6.45) is 2.99. The summed E-state index contributed by atoms with van der Waals surface area (Å²) >= 11 is 0. The molecule has 2 aromatic carbocycles. The lowest BCUT2D eigenvalue weighted by atomic mass is 9.97. The van der Waals surface area contributed by atoms with Crippen LogP contribution >= 0.6 is 0 Å². The number of esters is 1. The summed E-state index contributed by atoms with van der Waals surface area (Å²) in [6, 6.07) is 15.5. The second-order valence-electron chi connectivity index (χ2n) is 7.50. The summed E-state index contributed by atoms with van der Waals surface area (Å²) in [5, 5.41) is 4.45. The van der Waals surface area contributed by atoms with Crippen molar-refractivity contribution in [1.29, 1.82) is 0 Å². The molecule has 160 valence electrons. The molecule has 2 heterocycles. The zero-order valence-electron chi connectivity index (χ0n) is 17.3. The molecule has 1 atom stereocenters. The molecular weight excluding hydrogens is 397 g/mol. The smallest absolute Gasteiger partial charge is 0.310 e. The van der Waals surface area contributed by atoms with Gasteiger partial charge in [0.2, 0.25) is 0 Å². The minimum Gasteiger partial charge on any atom is -0.466 e. The van der Waals surface area contributed by atoms with Crippen molar-refractivity contribution in [3.8, 4) is 16.9 Å². The second kappa shape index (κ2) is 9.12. The number of ether oxygens (including phenoxy) is 1. The van der Waals surface area contributed by atoms with Crippen LogP contribution in [0.15, 0.2) is 60.8 Å². The second-order valence-corrected chi connectivity index (χ2v) is 7.50. The van der Waals surface area contributed by atoms with E-state index in [1.54, 1.807) is 34.8 Å². The maximum Gasteiger partial charge on any atom is 0.310 e. The SMILES string of the molecule is CCOC(=O)[C@@H]1CCCN(C(=O)c2cnn(-c3ccc(F)cc3)c2-c2ccccc2)C1. The minimum absolute atomic E-state index is 0.179. The molecule has 1 aliphatic heterocycles.